The molecule has 0 aliphatic carbocycles. The van der Waals surface area contributed by atoms with Crippen molar-refractivity contribution < 1.29 is 14.3 Å². The van der Waals surface area contributed by atoms with Gasteiger partial charge in [0, 0.05) is 20.7 Å². The highest BCUT2D eigenvalue weighted by atomic mass is 16.7. The summed E-state index contributed by atoms with van der Waals surface area (Å²) in [5, 5.41) is 0. The van der Waals surface area contributed by atoms with E-state index >= 15 is 0 Å². The fourth-order valence-electron chi connectivity index (χ4n) is 1.35. The highest BCUT2D eigenvalue weighted by Gasteiger charge is 2.10. The number of carbonyl (C=O) groups excluding carboxylic acids is 1. The van der Waals surface area contributed by atoms with Crippen LogP contribution < -0.4 is 10.6 Å². The normalized spacial score (nSPS) is 10.1. The average molecular weight is 238 g/mol. The fourth-order valence-corrected chi connectivity index (χ4v) is 1.35. The highest BCUT2D eigenvalue weighted by Crippen LogP contribution is 2.22. The van der Waals surface area contributed by atoms with Crippen LogP contribution in [0.4, 0.5) is 11.4 Å². The van der Waals surface area contributed by atoms with Crippen molar-refractivity contribution in [3.63, 3.8) is 0 Å². The molecule has 0 radical (unpaired) electrons. The maximum absolute atomic E-state index is 11.6. The Hall–Kier alpha value is -1.75. The second kappa shape index (κ2) is 6.10. The molecule has 17 heavy (non-hydrogen) atoms. The topological polar surface area (TPSA) is 64.8 Å². The smallest absolute Gasteiger partial charge is 0.340 e. The molecule has 5 nitrogen and oxygen atoms in total. The number of nitrogens with zero attached hydrogens (tertiary/aromatic N) is 1. The Kier molecular flexibility index (Phi) is 4.78. The van der Waals surface area contributed by atoms with Crippen LogP contribution in [0.25, 0.3) is 0 Å². The van der Waals surface area contributed by atoms with Gasteiger partial charge in [-0.05, 0) is 25.1 Å². The number of rotatable bonds is 5. The number of nitrogens with two attached hydrogens (primary N) is 1. The molecule has 0 saturated carbocycles. The predicted molar refractivity (Wildman–Crippen MR) is 67.1 cm³/mol. The van der Waals surface area contributed by atoms with E-state index in [-0.39, 0.29) is 6.79 Å². The highest BCUT2D eigenvalue weighted by molar-refractivity contribution is 5.91. The van der Waals surface area contributed by atoms with E-state index in [1.54, 1.807) is 18.2 Å². The molecule has 0 aromatic heterocycles. The zero-order valence-electron chi connectivity index (χ0n) is 10.4. The molecule has 1 aromatic carbocycles. The molecule has 0 aliphatic heterocycles. The number of benzene rings is 1. The Labute approximate surface area is 101 Å². The van der Waals surface area contributed by atoms with Crippen LogP contribution in [-0.2, 0) is 9.47 Å². The van der Waals surface area contributed by atoms with E-state index in [0.29, 0.717) is 17.9 Å². The van der Waals surface area contributed by atoms with Crippen LogP contribution in [0.15, 0.2) is 18.2 Å². The van der Waals surface area contributed by atoms with E-state index in [2.05, 4.69) is 0 Å². The van der Waals surface area contributed by atoms with Gasteiger partial charge in [-0.1, -0.05) is 0 Å². The summed E-state index contributed by atoms with van der Waals surface area (Å²) in [4.78, 5) is 13.5. The SMILES string of the molecule is CCOCOC(=O)c1ccc(N(C)C)c(N)c1. The van der Waals surface area contributed by atoms with Crippen molar-refractivity contribution in [3.05, 3.63) is 23.8 Å². The molecule has 2 N–H and O–H groups in total. The monoisotopic (exact) mass is 238 g/mol. The van der Waals surface area contributed by atoms with Crippen molar-refractivity contribution in [1.29, 1.82) is 0 Å². The van der Waals surface area contributed by atoms with Crippen molar-refractivity contribution in [2.75, 3.05) is 38.1 Å². The molecule has 0 saturated heterocycles. The number of hydrogen-bond donors (Lipinski definition) is 1. The lowest BCUT2D eigenvalue weighted by Gasteiger charge is -2.15. The molecule has 0 bridgehead atoms. The fraction of sp³-hybridized carbons (Fsp3) is 0.417. The van der Waals surface area contributed by atoms with E-state index in [9.17, 15) is 4.79 Å². The number of nitrogen functional groups attached to an aromatic ring is 1. The van der Waals surface area contributed by atoms with Crippen molar-refractivity contribution in [2.24, 2.45) is 0 Å². The molecule has 0 amide bonds. The summed E-state index contributed by atoms with van der Waals surface area (Å²) in [5.41, 5.74) is 7.67. The van der Waals surface area contributed by atoms with Crippen LogP contribution in [0.3, 0.4) is 0 Å². The quantitative estimate of drug-likeness (QED) is 0.364. The van der Waals surface area contributed by atoms with E-state index in [4.69, 9.17) is 15.2 Å². The molecule has 1 rings (SSSR count). The molecule has 0 spiro atoms. The van der Waals surface area contributed by atoms with Gasteiger partial charge in [-0.3, -0.25) is 0 Å². The standard InChI is InChI=1S/C12H18N2O3/c1-4-16-8-17-12(15)9-5-6-11(14(2)3)10(13)7-9/h5-7H,4,8,13H2,1-3H3. The second-order valence-electron chi connectivity index (χ2n) is 3.71. The molecule has 0 fully saturated rings. The van der Waals surface area contributed by atoms with Crippen LogP contribution in [0.2, 0.25) is 0 Å². The van der Waals surface area contributed by atoms with Crippen molar-refractivity contribution in [2.45, 2.75) is 6.92 Å². The maximum atomic E-state index is 11.6. The molecule has 5 heteroatoms. The van der Waals surface area contributed by atoms with Gasteiger partial charge in [-0.2, -0.15) is 0 Å². The largest absolute Gasteiger partial charge is 0.435 e. The van der Waals surface area contributed by atoms with Crippen LogP contribution in [0.1, 0.15) is 17.3 Å². The Morgan fingerprint density at radius 3 is 2.65 bits per heavy atom. The van der Waals surface area contributed by atoms with Gasteiger partial charge in [-0.15, -0.1) is 0 Å². The van der Waals surface area contributed by atoms with Gasteiger partial charge < -0.3 is 20.1 Å². The molecule has 0 unspecified atom stereocenters. The molecule has 0 heterocycles. The van der Waals surface area contributed by atoms with Gasteiger partial charge in [0.15, 0.2) is 6.79 Å². The number of anilines is 2. The van der Waals surface area contributed by atoms with Crippen molar-refractivity contribution >= 4 is 17.3 Å². The van der Waals surface area contributed by atoms with Gasteiger partial charge in [0.05, 0.1) is 16.9 Å². The maximum Gasteiger partial charge on any atom is 0.340 e. The van der Waals surface area contributed by atoms with Crippen LogP contribution >= 0.6 is 0 Å². The summed E-state index contributed by atoms with van der Waals surface area (Å²) in [7, 11) is 3.78. The Bertz CT molecular complexity index is 391. The molecule has 0 aliphatic rings. The molecule has 94 valence electrons. The molecule has 0 atom stereocenters. The van der Waals surface area contributed by atoms with Gasteiger partial charge >= 0.3 is 5.97 Å². The van der Waals surface area contributed by atoms with Gasteiger partial charge in [0.25, 0.3) is 0 Å². The lowest BCUT2D eigenvalue weighted by molar-refractivity contribution is -0.0274. The summed E-state index contributed by atoms with van der Waals surface area (Å²) < 4.78 is 9.83. The Morgan fingerprint density at radius 1 is 1.41 bits per heavy atom. The number of ether oxygens (including phenoxy) is 2. The van der Waals surface area contributed by atoms with Crippen molar-refractivity contribution in [3.8, 4) is 0 Å². The molecule has 1 aromatic rings. The zero-order chi connectivity index (χ0) is 12.8. The van der Waals surface area contributed by atoms with E-state index < -0.39 is 5.97 Å². The third kappa shape index (κ3) is 3.64. The zero-order valence-corrected chi connectivity index (χ0v) is 10.4. The van der Waals surface area contributed by atoms with E-state index in [1.807, 2.05) is 25.9 Å². The van der Waals surface area contributed by atoms with Crippen LogP contribution in [-0.4, -0.2) is 33.5 Å². The number of carbonyl (C=O) groups is 1. The number of esters is 1. The third-order valence-electron chi connectivity index (χ3n) is 2.22. The summed E-state index contributed by atoms with van der Waals surface area (Å²) >= 11 is 0. The number of hydrogen-bond acceptors (Lipinski definition) is 5. The summed E-state index contributed by atoms with van der Waals surface area (Å²) in [6.07, 6.45) is 0. The van der Waals surface area contributed by atoms with E-state index in [1.165, 1.54) is 0 Å². The summed E-state index contributed by atoms with van der Waals surface area (Å²) in [6, 6.07) is 5.07. The first-order valence-corrected chi connectivity index (χ1v) is 5.38. The lowest BCUT2D eigenvalue weighted by atomic mass is 10.1. The first kappa shape index (κ1) is 13.3. The average Bonchev–Trinajstić information content (AvgIpc) is 2.28. The summed E-state index contributed by atoms with van der Waals surface area (Å²) in [5.74, 6) is -0.435. The minimum Gasteiger partial charge on any atom is -0.435 e. The van der Waals surface area contributed by atoms with Crippen LogP contribution in [0, 0.1) is 0 Å². The minimum absolute atomic E-state index is 0.0370. The summed E-state index contributed by atoms with van der Waals surface area (Å²) in [6.45, 7) is 2.30. The van der Waals surface area contributed by atoms with Crippen molar-refractivity contribution in [1.82, 2.24) is 0 Å². The van der Waals surface area contributed by atoms with Gasteiger partial charge in [-0.25, -0.2) is 4.79 Å². The van der Waals surface area contributed by atoms with Gasteiger partial charge in [0.1, 0.15) is 0 Å². The van der Waals surface area contributed by atoms with Crippen LogP contribution in [0.5, 0.6) is 0 Å². The second-order valence-corrected chi connectivity index (χ2v) is 3.71. The van der Waals surface area contributed by atoms with Gasteiger partial charge in [0.2, 0.25) is 0 Å². The Morgan fingerprint density at radius 2 is 2.12 bits per heavy atom. The first-order valence-electron chi connectivity index (χ1n) is 5.38. The Balaban J connectivity index is 2.72. The third-order valence-corrected chi connectivity index (χ3v) is 2.22. The predicted octanol–water partition coefficient (Wildman–Crippen LogP) is 1.49. The molecular formula is C12H18N2O3. The van der Waals surface area contributed by atoms with E-state index in [0.717, 1.165) is 5.69 Å². The molecular weight excluding hydrogens is 220 g/mol. The lowest BCUT2D eigenvalue weighted by Crippen LogP contribution is -2.13. The first-order chi connectivity index (χ1) is 8.06. The minimum atomic E-state index is -0.435.